The van der Waals surface area contributed by atoms with Gasteiger partial charge in [0.15, 0.2) is 17.3 Å². The number of rotatable bonds is 6. The van der Waals surface area contributed by atoms with Gasteiger partial charge in [0.25, 0.3) is 0 Å². The van der Waals surface area contributed by atoms with Crippen molar-refractivity contribution in [1.29, 1.82) is 0 Å². The number of hydrogen-bond acceptors (Lipinski definition) is 4. The number of halogens is 2. The average molecular weight is 511 g/mol. The van der Waals surface area contributed by atoms with Gasteiger partial charge in [-0.2, -0.15) is 0 Å². The highest BCUT2D eigenvalue weighted by atomic mass is 127. The minimum Gasteiger partial charge on any atom is -0.497 e. The van der Waals surface area contributed by atoms with E-state index >= 15 is 0 Å². The molecule has 0 heterocycles. The highest BCUT2D eigenvalue weighted by Gasteiger charge is 2.11. The molecule has 1 aromatic rings. The molecule has 0 aliphatic rings. The van der Waals surface area contributed by atoms with Crippen molar-refractivity contribution in [2.24, 2.45) is 0 Å². The number of nitrogens with two attached hydrogens (primary N) is 1. The smallest absolute Gasteiger partial charge is 0.153 e. The number of benzene rings is 1. The summed E-state index contributed by atoms with van der Waals surface area (Å²) < 4.78 is 12.4. The van der Waals surface area contributed by atoms with Crippen molar-refractivity contribution in [3.05, 3.63) is 49.8 Å². The van der Waals surface area contributed by atoms with Crippen LogP contribution < -0.4 is 15.2 Å². The van der Waals surface area contributed by atoms with Crippen molar-refractivity contribution in [2.75, 3.05) is 12.8 Å². The molecule has 1 aromatic carbocycles. The molecule has 0 saturated carbocycles. The first-order chi connectivity index (χ1) is 9.85. The molecule has 0 fully saturated rings. The van der Waals surface area contributed by atoms with Crippen LogP contribution in [0.4, 0.5) is 5.69 Å². The Labute approximate surface area is 151 Å². The first-order valence-corrected chi connectivity index (χ1v) is 8.05. The highest BCUT2D eigenvalue weighted by Crippen LogP contribution is 2.32. The zero-order chi connectivity index (χ0) is 16.0. The van der Waals surface area contributed by atoms with Gasteiger partial charge in [0.05, 0.1) is 16.4 Å². The van der Waals surface area contributed by atoms with Gasteiger partial charge in [-0.3, -0.25) is 4.79 Å². The van der Waals surface area contributed by atoms with Gasteiger partial charge < -0.3 is 15.2 Å². The van der Waals surface area contributed by atoms with Gasteiger partial charge in [-0.05, 0) is 76.4 Å². The van der Waals surface area contributed by atoms with Crippen LogP contribution in [-0.2, 0) is 4.79 Å². The standard InChI is InChI=1S/C15H15I2NO3/c1-9(19)4-6-12(17)15(10(2)16)21-14-7-5-11(20-3)8-13(14)18/h4-8H,2,18H2,1,3H3/b6-4+,15-12-. The summed E-state index contributed by atoms with van der Waals surface area (Å²) in [7, 11) is 1.57. The normalized spacial score (nSPS) is 12.0. The largest absolute Gasteiger partial charge is 0.497 e. The fourth-order valence-electron chi connectivity index (χ4n) is 1.36. The Morgan fingerprint density at radius 1 is 1.33 bits per heavy atom. The molecule has 0 bridgehead atoms. The van der Waals surface area contributed by atoms with E-state index in [2.05, 4.69) is 51.8 Å². The maximum absolute atomic E-state index is 11.0. The summed E-state index contributed by atoms with van der Waals surface area (Å²) in [5.41, 5.74) is 6.40. The molecular formula is C15H15I2NO3. The van der Waals surface area contributed by atoms with E-state index in [4.69, 9.17) is 15.2 Å². The minimum absolute atomic E-state index is 0.0356. The molecule has 21 heavy (non-hydrogen) atoms. The van der Waals surface area contributed by atoms with E-state index < -0.39 is 0 Å². The van der Waals surface area contributed by atoms with Crippen molar-refractivity contribution in [3.8, 4) is 11.5 Å². The van der Waals surface area contributed by atoms with Gasteiger partial charge in [-0.15, -0.1) is 0 Å². The van der Waals surface area contributed by atoms with E-state index in [1.54, 1.807) is 31.4 Å². The summed E-state index contributed by atoms with van der Waals surface area (Å²) in [6.07, 6.45) is 3.16. The van der Waals surface area contributed by atoms with Crippen molar-refractivity contribution >= 4 is 56.7 Å². The van der Waals surface area contributed by atoms with E-state index in [0.717, 1.165) is 3.58 Å². The van der Waals surface area contributed by atoms with Gasteiger partial charge in [0, 0.05) is 9.65 Å². The van der Waals surface area contributed by atoms with Crippen molar-refractivity contribution in [2.45, 2.75) is 6.92 Å². The second kappa shape index (κ2) is 8.42. The predicted molar refractivity (Wildman–Crippen MR) is 102 cm³/mol. The molecule has 0 unspecified atom stereocenters. The SMILES string of the molecule is C=C(I)/C(Oc1ccc(OC)cc1N)=C(I)\C=C\C(C)=O. The molecule has 0 amide bonds. The highest BCUT2D eigenvalue weighted by molar-refractivity contribution is 14.1. The molecule has 112 valence electrons. The maximum atomic E-state index is 11.0. The van der Waals surface area contributed by atoms with Crippen LogP contribution in [0, 0.1) is 0 Å². The molecule has 4 nitrogen and oxygen atoms in total. The Morgan fingerprint density at radius 3 is 2.48 bits per heavy atom. The number of nitrogen functional groups attached to an aromatic ring is 1. The lowest BCUT2D eigenvalue weighted by atomic mass is 10.2. The Hall–Kier alpha value is -1.03. The van der Waals surface area contributed by atoms with Crippen LogP contribution >= 0.6 is 45.2 Å². The van der Waals surface area contributed by atoms with Crippen LogP contribution in [0.1, 0.15) is 6.92 Å². The number of ether oxygens (including phenoxy) is 2. The van der Waals surface area contributed by atoms with E-state index in [1.165, 1.54) is 13.0 Å². The number of anilines is 1. The summed E-state index contributed by atoms with van der Waals surface area (Å²) >= 11 is 4.15. The lowest BCUT2D eigenvalue weighted by Gasteiger charge is -2.13. The fourth-order valence-corrected chi connectivity index (χ4v) is 2.89. The molecule has 0 aromatic heterocycles. The maximum Gasteiger partial charge on any atom is 0.153 e. The molecule has 0 radical (unpaired) electrons. The first kappa shape index (κ1) is 18.0. The third-order valence-electron chi connectivity index (χ3n) is 2.36. The summed E-state index contributed by atoms with van der Waals surface area (Å²) in [5, 5.41) is 0. The molecule has 0 saturated heterocycles. The zero-order valence-electron chi connectivity index (χ0n) is 11.7. The Kier molecular flexibility index (Phi) is 7.23. The van der Waals surface area contributed by atoms with Crippen molar-refractivity contribution in [3.63, 3.8) is 0 Å². The number of allylic oxidation sites excluding steroid dienone is 4. The number of hydrogen-bond donors (Lipinski definition) is 1. The van der Waals surface area contributed by atoms with Crippen molar-refractivity contribution < 1.29 is 14.3 Å². The van der Waals surface area contributed by atoms with E-state index in [1.807, 2.05) is 0 Å². The Morgan fingerprint density at radius 2 is 2.00 bits per heavy atom. The monoisotopic (exact) mass is 511 g/mol. The fraction of sp³-hybridized carbons (Fsp3) is 0.133. The van der Waals surface area contributed by atoms with Gasteiger partial charge in [-0.1, -0.05) is 6.58 Å². The third-order valence-corrected chi connectivity index (χ3v) is 3.70. The summed E-state index contributed by atoms with van der Waals surface area (Å²) in [6, 6.07) is 5.17. The van der Waals surface area contributed by atoms with Gasteiger partial charge in [0.2, 0.25) is 0 Å². The number of methoxy groups -OCH3 is 1. The minimum atomic E-state index is -0.0356. The summed E-state index contributed by atoms with van der Waals surface area (Å²) in [4.78, 5) is 11.0. The van der Waals surface area contributed by atoms with E-state index in [9.17, 15) is 4.79 Å². The Balaban J connectivity index is 3.12. The van der Waals surface area contributed by atoms with Crippen molar-refractivity contribution in [1.82, 2.24) is 0 Å². The molecule has 1 rings (SSSR count). The average Bonchev–Trinajstić information content (AvgIpc) is 2.42. The number of carbonyl (C=O) groups is 1. The topological polar surface area (TPSA) is 61.6 Å². The quantitative estimate of drug-likeness (QED) is 0.203. The molecule has 6 heteroatoms. The molecule has 0 atom stereocenters. The van der Waals surface area contributed by atoms with Crippen LogP contribution in [-0.4, -0.2) is 12.9 Å². The first-order valence-electron chi connectivity index (χ1n) is 5.89. The van der Waals surface area contributed by atoms with Gasteiger partial charge in [0.1, 0.15) is 5.75 Å². The number of carbonyl (C=O) groups excluding carboxylic acids is 1. The van der Waals surface area contributed by atoms with Crippen LogP contribution in [0.2, 0.25) is 0 Å². The molecule has 0 aliphatic carbocycles. The molecule has 2 N–H and O–H groups in total. The van der Waals surface area contributed by atoms with E-state index in [0.29, 0.717) is 26.5 Å². The van der Waals surface area contributed by atoms with Gasteiger partial charge >= 0.3 is 0 Å². The lowest BCUT2D eigenvalue weighted by Crippen LogP contribution is -2.00. The van der Waals surface area contributed by atoms with Crippen LogP contribution in [0.5, 0.6) is 11.5 Å². The second-order valence-corrected chi connectivity index (χ2v) is 6.50. The lowest BCUT2D eigenvalue weighted by molar-refractivity contribution is -0.112. The summed E-state index contributed by atoms with van der Waals surface area (Å²) in [6.45, 7) is 5.37. The van der Waals surface area contributed by atoms with Crippen LogP contribution in [0.15, 0.2) is 49.8 Å². The van der Waals surface area contributed by atoms with Crippen LogP contribution in [0.25, 0.3) is 0 Å². The molecular weight excluding hydrogens is 496 g/mol. The third kappa shape index (κ3) is 5.70. The Bertz CT molecular complexity index is 621. The van der Waals surface area contributed by atoms with Crippen LogP contribution in [0.3, 0.4) is 0 Å². The zero-order valence-corrected chi connectivity index (χ0v) is 16.0. The predicted octanol–water partition coefficient (Wildman–Crippen LogP) is 4.40. The summed E-state index contributed by atoms with van der Waals surface area (Å²) in [5.74, 6) is 1.69. The van der Waals surface area contributed by atoms with Gasteiger partial charge in [-0.25, -0.2) is 0 Å². The number of ketones is 1. The van der Waals surface area contributed by atoms with E-state index in [-0.39, 0.29) is 5.78 Å². The molecule has 0 spiro atoms. The molecule has 0 aliphatic heterocycles. The second-order valence-electron chi connectivity index (χ2n) is 4.03.